The maximum absolute atomic E-state index is 12.2. The molecule has 0 amide bonds. The normalized spacial score (nSPS) is 13.3. The maximum Gasteiger partial charge on any atom is 0.389 e. The van der Waals surface area contributed by atoms with Crippen molar-refractivity contribution in [3.8, 4) is 0 Å². The van der Waals surface area contributed by atoms with Gasteiger partial charge in [0.15, 0.2) is 0 Å². The third-order valence-corrected chi connectivity index (χ3v) is 3.18. The van der Waals surface area contributed by atoms with Gasteiger partial charge >= 0.3 is 12.1 Å². The molecule has 0 spiro atoms. The minimum Gasteiger partial charge on any atom is -0.481 e. The lowest BCUT2D eigenvalue weighted by Crippen LogP contribution is -2.16. The lowest BCUT2D eigenvalue weighted by atomic mass is 9.93. The molecule has 2 nitrogen and oxygen atoms in total. The fourth-order valence-electron chi connectivity index (χ4n) is 1.77. The van der Waals surface area contributed by atoms with Crippen molar-refractivity contribution in [3.63, 3.8) is 0 Å². The molecule has 1 rings (SSSR count). The highest BCUT2D eigenvalue weighted by Crippen LogP contribution is 2.29. The number of benzene rings is 1. The minimum atomic E-state index is -4.33. The summed E-state index contributed by atoms with van der Waals surface area (Å²) in [7, 11) is 0. The van der Waals surface area contributed by atoms with Crippen LogP contribution in [0.4, 0.5) is 13.2 Å². The maximum atomic E-state index is 12.2. The smallest absolute Gasteiger partial charge is 0.389 e. The van der Waals surface area contributed by atoms with Crippen LogP contribution in [0.1, 0.15) is 29.9 Å². The zero-order valence-electron chi connectivity index (χ0n) is 10.1. The van der Waals surface area contributed by atoms with Gasteiger partial charge in [0.1, 0.15) is 0 Å². The van der Waals surface area contributed by atoms with Gasteiger partial charge in [0.25, 0.3) is 0 Å². The predicted molar refractivity (Wildman–Crippen MR) is 69.6 cm³/mol. The van der Waals surface area contributed by atoms with Crippen LogP contribution in [0.5, 0.6) is 0 Å². The van der Waals surface area contributed by atoms with E-state index in [-0.39, 0.29) is 0 Å². The van der Waals surface area contributed by atoms with Gasteiger partial charge in [0.05, 0.1) is 5.92 Å². The van der Waals surface area contributed by atoms with Crippen molar-refractivity contribution in [2.75, 3.05) is 5.33 Å². The fourth-order valence-corrected chi connectivity index (χ4v) is 2.22. The Balaban J connectivity index is 2.78. The molecule has 1 aromatic carbocycles. The van der Waals surface area contributed by atoms with Gasteiger partial charge in [0, 0.05) is 11.8 Å². The number of carbonyl (C=O) groups is 1. The predicted octanol–water partition coefficient (Wildman–Crippen LogP) is 4.13. The number of rotatable bonds is 6. The van der Waals surface area contributed by atoms with Crippen molar-refractivity contribution in [2.45, 2.75) is 31.4 Å². The molecule has 106 valence electrons. The second-order valence-electron chi connectivity index (χ2n) is 4.23. The quantitative estimate of drug-likeness (QED) is 0.791. The van der Waals surface area contributed by atoms with E-state index in [4.69, 9.17) is 5.11 Å². The van der Waals surface area contributed by atoms with Gasteiger partial charge in [-0.1, -0.05) is 40.2 Å². The van der Waals surface area contributed by atoms with Crippen molar-refractivity contribution in [1.82, 2.24) is 0 Å². The number of alkyl halides is 4. The Labute approximate surface area is 117 Å². The Hall–Kier alpha value is -1.04. The van der Waals surface area contributed by atoms with Crippen LogP contribution in [0, 0.1) is 0 Å². The number of aliphatic carboxylic acids is 1. The molecular formula is C13H14BrF3O2. The summed E-state index contributed by atoms with van der Waals surface area (Å²) in [5.41, 5.74) is 1.43. The molecule has 0 saturated carbocycles. The van der Waals surface area contributed by atoms with Gasteiger partial charge < -0.3 is 5.11 Å². The number of aryl methyl sites for hydroxylation is 1. The van der Waals surface area contributed by atoms with Crippen molar-refractivity contribution in [3.05, 3.63) is 35.4 Å². The summed E-state index contributed by atoms with van der Waals surface area (Å²) in [6, 6.07) is 6.68. The summed E-state index contributed by atoms with van der Waals surface area (Å²) in [6.07, 6.45) is -5.06. The summed E-state index contributed by atoms with van der Waals surface area (Å²) in [4.78, 5) is 11.1. The molecule has 0 aliphatic carbocycles. The van der Waals surface area contributed by atoms with E-state index in [0.717, 1.165) is 17.3 Å². The molecule has 1 aromatic rings. The molecule has 1 unspecified atom stereocenters. The molecule has 0 fully saturated rings. The molecule has 0 saturated heterocycles. The van der Waals surface area contributed by atoms with Gasteiger partial charge in [-0.05, 0) is 24.0 Å². The standard InChI is InChI=1S/C13H14BrF3O2/c14-8-6-9-1-3-10(4-2-9)11(12(18)19)5-7-13(15,16)17/h1-4,11H,5-8H2,(H,18,19). The van der Waals surface area contributed by atoms with Crippen LogP contribution < -0.4 is 0 Å². The molecule has 1 N–H and O–H groups in total. The third kappa shape index (κ3) is 5.63. The number of halogens is 4. The number of hydrogen-bond acceptors (Lipinski definition) is 1. The SMILES string of the molecule is O=C(O)C(CCC(F)(F)F)c1ccc(CCBr)cc1. The minimum absolute atomic E-state index is 0.412. The molecule has 0 bridgehead atoms. The van der Waals surface area contributed by atoms with E-state index in [1.807, 2.05) is 0 Å². The topological polar surface area (TPSA) is 37.3 Å². The summed E-state index contributed by atoms with van der Waals surface area (Å²) in [5.74, 6) is -2.34. The first-order valence-corrected chi connectivity index (χ1v) is 6.90. The highest BCUT2D eigenvalue weighted by atomic mass is 79.9. The number of hydrogen-bond donors (Lipinski definition) is 1. The summed E-state index contributed by atoms with van der Waals surface area (Å²) < 4.78 is 36.5. The lowest BCUT2D eigenvalue weighted by molar-refractivity contribution is -0.145. The summed E-state index contributed by atoms with van der Waals surface area (Å²) >= 11 is 3.28. The molecule has 1 atom stereocenters. The summed E-state index contributed by atoms with van der Waals surface area (Å²) in [6.45, 7) is 0. The monoisotopic (exact) mass is 338 g/mol. The van der Waals surface area contributed by atoms with Crippen molar-refractivity contribution < 1.29 is 23.1 Å². The molecule has 0 aliphatic heterocycles. The molecule has 6 heteroatoms. The largest absolute Gasteiger partial charge is 0.481 e. The van der Waals surface area contributed by atoms with Crippen LogP contribution in [0.2, 0.25) is 0 Å². The molecule has 0 radical (unpaired) electrons. The average molecular weight is 339 g/mol. The van der Waals surface area contributed by atoms with Crippen LogP contribution in [0.3, 0.4) is 0 Å². The van der Waals surface area contributed by atoms with E-state index in [1.165, 1.54) is 0 Å². The van der Waals surface area contributed by atoms with E-state index < -0.39 is 30.9 Å². The van der Waals surface area contributed by atoms with E-state index in [1.54, 1.807) is 24.3 Å². The zero-order valence-corrected chi connectivity index (χ0v) is 11.7. The second kappa shape index (κ2) is 6.93. The van der Waals surface area contributed by atoms with Gasteiger partial charge in [-0.3, -0.25) is 4.79 Å². The Morgan fingerprint density at radius 2 is 1.84 bits per heavy atom. The molecule has 19 heavy (non-hydrogen) atoms. The Kier molecular flexibility index (Phi) is 5.85. The fraction of sp³-hybridized carbons (Fsp3) is 0.462. The summed E-state index contributed by atoms with van der Waals surface area (Å²) in [5, 5.41) is 9.80. The molecule has 0 aliphatic rings. The van der Waals surface area contributed by atoms with Crippen LogP contribution >= 0.6 is 15.9 Å². The van der Waals surface area contributed by atoms with Gasteiger partial charge in [-0.2, -0.15) is 13.2 Å². The van der Waals surface area contributed by atoms with Gasteiger partial charge in [0.2, 0.25) is 0 Å². The highest BCUT2D eigenvalue weighted by Gasteiger charge is 2.31. The molecule has 0 heterocycles. The molecule has 0 aromatic heterocycles. The van der Waals surface area contributed by atoms with Gasteiger partial charge in [-0.15, -0.1) is 0 Å². The van der Waals surface area contributed by atoms with Gasteiger partial charge in [-0.25, -0.2) is 0 Å². The van der Waals surface area contributed by atoms with Crippen molar-refractivity contribution in [1.29, 1.82) is 0 Å². The Morgan fingerprint density at radius 3 is 2.26 bits per heavy atom. The lowest BCUT2D eigenvalue weighted by Gasteiger charge is -2.14. The first kappa shape index (κ1) is 16.0. The van der Waals surface area contributed by atoms with E-state index in [0.29, 0.717) is 5.56 Å². The van der Waals surface area contributed by atoms with E-state index in [2.05, 4.69) is 15.9 Å². The van der Waals surface area contributed by atoms with Crippen LogP contribution in [0.25, 0.3) is 0 Å². The van der Waals surface area contributed by atoms with Crippen LogP contribution in [-0.2, 0) is 11.2 Å². The van der Waals surface area contributed by atoms with Crippen molar-refractivity contribution in [2.24, 2.45) is 0 Å². The number of carboxylic acids is 1. The first-order chi connectivity index (χ1) is 8.83. The van der Waals surface area contributed by atoms with E-state index in [9.17, 15) is 18.0 Å². The Bertz CT molecular complexity index is 415. The number of carboxylic acid groups (broad SMARTS) is 1. The Morgan fingerprint density at radius 1 is 1.26 bits per heavy atom. The average Bonchev–Trinajstić information content (AvgIpc) is 2.30. The zero-order chi connectivity index (χ0) is 14.5. The first-order valence-electron chi connectivity index (χ1n) is 5.78. The van der Waals surface area contributed by atoms with Crippen LogP contribution in [-0.4, -0.2) is 22.6 Å². The third-order valence-electron chi connectivity index (χ3n) is 2.78. The second-order valence-corrected chi connectivity index (χ2v) is 5.02. The van der Waals surface area contributed by atoms with Crippen LogP contribution in [0.15, 0.2) is 24.3 Å². The van der Waals surface area contributed by atoms with E-state index >= 15 is 0 Å². The molecular weight excluding hydrogens is 325 g/mol. The highest BCUT2D eigenvalue weighted by molar-refractivity contribution is 9.09. The van der Waals surface area contributed by atoms with Crippen molar-refractivity contribution >= 4 is 21.9 Å².